The minimum absolute atomic E-state index is 0.0747. The fourth-order valence-corrected chi connectivity index (χ4v) is 2.50. The Balaban J connectivity index is 1.77. The summed E-state index contributed by atoms with van der Waals surface area (Å²) in [6, 6.07) is 12.5. The summed E-state index contributed by atoms with van der Waals surface area (Å²) >= 11 is 11.9. The van der Waals surface area contributed by atoms with Crippen LogP contribution in [-0.4, -0.2) is 26.2 Å². The Morgan fingerprint density at radius 1 is 1.13 bits per heavy atom. The number of hydrogen-bond donors (Lipinski definition) is 1. The number of ether oxygens (including phenoxy) is 2. The van der Waals surface area contributed by atoms with Crippen LogP contribution < -0.4 is 14.8 Å². The van der Waals surface area contributed by atoms with Crippen LogP contribution in [0, 0.1) is 0 Å². The highest BCUT2D eigenvalue weighted by molar-refractivity contribution is 6.35. The van der Waals surface area contributed by atoms with Crippen LogP contribution in [0.15, 0.2) is 42.5 Å². The summed E-state index contributed by atoms with van der Waals surface area (Å²) in [6.45, 7) is 0.393. The van der Waals surface area contributed by atoms with Crippen molar-refractivity contribution in [3.8, 4) is 11.5 Å². The SMILES string of the molecule is COc1ccccc1OCC(=O)NCCc1ccc(Cl)cc1Cl. The van der Waals surface area contributed by atoms with E-state index in [2.05, 4.69) is 5.32 Å². The number of halogens is 2. The fraction of sp³-hybridized carbons (Fsp3) is 0.235. The quantitative estimate of drug-likeness (QED) is 0.824. The van der Waals surface area contributed by atoms with Gasteiger partial charge >= 0.3 is 0 Å². The molecule has 0 atom stereocenters. The molecule has 0 spiro atoms. The predicted molar refractivity (Wildman–Crippen MR) is 91.7 cm³/mol. The first-order chi connectivity index (χ1) is 11.1. The molecule has 23 heavy (non-hydrogen) atoms. The molecule has 0 saturated heterocycles. The van der Waals surface area contributed by atoms with E-state index in [1.165, 1.54) is 0 Å². The Morgan fingerprint density at radius 3 is 2.57 bits per heavy atom. The number of carbonyl (C=O) groups is 1. The Kier molecular flexibility index (Phi) is 6.56. The normalized spacial score (nSPS) is 10.2. The number of rotatable bonds is 7. The van der Waals surface area contributed by atoms with Crippen molar-refractivity contribution in [2.24, 2.45) is 0 Å². The zero-order valence-corrected chi connectivity index (χ0v) is 14.2. The average molecular weight is 354 g/mol. The summed E-state index contributed by atoms with van der Waals surface area (Å²) in [5.41, 5.74) is 0.932. The van der Waals surface area contributed by atoms with Crippen molar-refractivity contribution in [2.45, 2.75) is 6.42 Å². The number of para-hydroxylation sites is 2. The minimum atomic E-state index is -0.207. The number of amides is 1. The molecule has 2 aromatic rings. The van der Waals surface area contributed by atoms with E-state index in [1.54, 1.807) is 31.4 Å². The first kappa shape index (κ1) is 17.4. The maximum absolute atomic E-state index is 11.8. The Morgan fingerprint density at radius 2 is 1.87 bits per heavy atom. The van der Waals surface area contributed by atoms with Crippen LogP contribution in [0.1, 0.15) is 5.56 Å². The second kappa shape index (κ2) is 8.65. The first-order valence-electron chi connectivity index (χ1n) is 7.06. The molecule has 122 valence electrons. The highest BCUT2D eigenvalue weighted by Crippen LogP contribution is 2.25. The molecule has 4 nitrogen and oxygen atoms in total. The van der Waals surface area contributed by atoms with Crippen LogP contribution in [0.2, 0.25) is 10.0 Å². The van der Waals surface area contributed by atoms with Gasteiger partial charge in [0.15, 0.2) is 18.1 Å². The molecule has 0 unspecified atom stereocenters. The van der Waals surface area contributed by atoms with Gasteiger partial charge in [0.05, 0.1) is 7.11 Å². The van der Waals surface area contributed by atoms with Gasteiger partial charge in [0.25, 0.3) is 5.91 Å². The lowest BCUT2D eigenvalue weighted by molar-refractivity contribution is -0.123. The van der Waals surface area contributed by atoms with Gasteiger partial charge in [-0.15, -0.1) is 0 Å². The molecule has 0 fully saturated rings. The van der Waals surface area contributed by atoms with E-state index in [4.69, 9.17) is 32.7 Å². The molecule has 2 aromatic carbocycles. The summed E-state index contributed by atoms with van der Waals surface area (Å²) < 4.78 is 10.6. The summed E-state index contributed by atoms with van der Waals surface area (Å²) in [4.78, 5) is 11.8. The smallest absolute Gasteiger partial charge is 0.257 e. The monoisotopic (exact) mass is 353 g/mol. The van der Waals surface area contributed by atoms with Crippen LogP contribution in [-0.2, 0) is 11.2 Å². The van der Waals surface area contributed by atoms with Crippen LogP contribution >= 0.6 is 23.2 Å². The summed E-state index contributed by atoms with van der Waals surface area (Å²) in [5, 5.41) is 3.97. The topological polar surface area (TPSA) is 47.6 Å². The highest BCUT2D eigenvalue weighted by Gasteiger charge is 2.07. The lowest BCUT2D eigenvalue weighted by atomic mass is 10.1. The fourth-order valence-electron chi connectivity index (χ4n) is 1.99. The summed E-state index contributed by atoms with van der Waals surface area (Å²) in [5.74, 6) is 0.917. The van der Waals surface area contributed by atoms with Crippen molar-refractivity contribution in [3.63, 3.8) is 0 Å². The number of nitrogens with one attached hydrogen (secondary N) is 1. The van der Waals surface area contributed by atoms with E-state index in [1.807, 2.05) is 18.2 Å². The van der Waals surface area contributed by atoms with Gasteiger partial charge < -0.3 is 14.8 Å². The van der Waals surface area contributed by atoms with Gasteiger partial charge in [-0.25, -0.2) is 0 Å². The van der Waals surface area contributed by atoms with Gasteiger partial charge in [0.2, 0.25) is 0 Å². The molecule has 0 aliphatic carbocycles. The van der Waals surface area contributed by atoms with Gasteiger partial charge in [0.1, 0.15) is 0 Å². The van der Waals surface area contributed by atoms with Crippen molar-refractivity contribution in [1.82, 2.24) is 5.32 Å². The molecule has 0 aromatic heterocycles. The largest absolute Gasteiger partial charge is 0.493 e. The first-order valence-corrected chi connectivity index (χ1v) is 7.82. The third-order valence-corrected chi connectivity index (χ3v) is 3.75. The molecule has 0 aliphatic heterocycles. The van der Waals surface area contributed by atoms with Crippen LogP contribution in [0.4, 0.5) is 0 Å². The molecule has 2 rings (SSSR count). The Labute approximate surface area is 145 Å². The van der Waals surface area contributed by atoms with Crippen molar-refractivity contribution in [1.29, 1.82) is 0 Å². The predicted octanol–water partition coefficient (Wildman–Crippen LogP) is 3.74. The summed E-state index contributed by atoms with van der Waals surface area (Å²) in [6.07, 6.45) is 0.621. The number of hydrogen-bond acceptors (Lipinski definition) is 3. The second-order valence-corrected chi connectivity index (χ2v) is 5.62. The number of methoxy groups -OCH3 is 1. The zero-order chi connectivity index (χ0) is 16.7. The van der Waals surface area contributed by atoms with Gasteiger partial charge in [-0.1, -0.05) is 41.4 Å². The molecule has 1 N–H and O–H groups in total. The van der Waals surface area contributed by atoms with Crippen molar-refractivity contribution >= 4 is 29.1 Å². The highest BCUT2D eigenvalue weighted by atomic mass is 35.5. The van der Waals surface area contributed by atoms with Crippen molar-refractivity contribution in [2.75, 3.05) is 20.3 Å². The van der Waals surface area contributed by atoms with E-state index in [0.29, 0.717) is 34.5 Å². The van der Waals surface area contributed by atoms with Crippen molar-refractivity contribution < 1.29 is 14.3 Å². The molecule has 0 bridgehead atoms. The van der Waals surface area contributed by atoms with Gasteiger partial charge in [-0.3, -0.25) is 4.79 Å². The van der Waals surface area contributed by atoms with Gasteiger partial charge in [0, 0.05) is 16.6 Å². The van der Waals surface area contributed by atoms with E-state index >= 15 is 0 Å². The third-order valence-electron chi connectivity index (χ3n) is 3.16. The molecule has 0 radical (unpaired) electrons. The summed E-state index contributed by atoms with van der Waals surface area (Å²) in [7, 11) is 1.55. The number of carbonyl (C=O) groups excluding carboxylic acids is 1. The Hall–Kier alpha value is -1.91. The molecule has 6 heteroatoms. The zero-order valence-electron chi connectivity index (χ0n) is 12.6. The lowest BCUT2D eigenvalue weighted by Gasteiger charge is -2.11. The van der Waals surface area contributed by atoms with Gasteiger partial charge in [-0.05, 0) is 36.2 Å². The van der Waals surface area contributed by atoms with Crippen LogP contribution in [0.3, 0.4) is 0 Å². The van der Waals surface area contributed by atoms with E-state index in [9.17, 15) is 4.79 Å². The molecule has 0 saturated carbocycles. The molecule has 1 amide bonds. The molecule has 0 heterocycles. The Bertz CT molecular complexity index is 677. The second-order valence-electron chi connectivity index (χ2n) is 4.78. The van der Waals surface area contributed by atoms with Gasteiger partial charge in [-0.2, -0.15) is 0 Å². The molecular weight excluding hydrogens is 337 g/mol. The van der Waals surface area contributed by atoms with Crippen molar-refractivity contribution in [3.05, 3.63) is 58.1 Å². The van der Waals surface area contributed by atoms with E-state index < -0.39 is 0 Å². The molecular formula is C17H17Cl2NO3. The van der Waals surface area contributed by atoms with E-state index in [-0.39, 0.29) is 12.5 Å². The minimum Gasteiger partial charge on any atom is -0.493 e. The maximum atomic E-state index is 11.8. The van der Waals surface area contributed by atoms with Crippen LogP contribution in [0.25, 0.3) is 0 Å². The third kappa shape index (κ3) is 5.34. The average Bonchev–Trinajstić information content (AvgIpc) is 2.55. The standard InChI is InChI=1S/C17H17Cl2NO3/c1-22-15-4-2-3-5-16(15)23-11-17(21)20-9-8-12-6-7-13(18)10-14(12)19/h2-7,10H,8-9,11H2,1H3,(H,20,21). The van der Waals surface area contributed by atoms with Crippen LogP contribution in [0.5, 0.6) is 11.5 Å². The van der Waals surface area contributed by atoms with E-state index in [0.717, 1.165) is 5.56 Å². The lowest BCUT2D eigenvalue weighted by Crippen LogP contribution is -2.30. The maximum Gasteiger partial charge on any atom is 0.257 e. The number of benzene rings is 2. The molecule has 0 aliphatic rings.